The highest BCUT2D eigenvalue weighted by molar-refractivity contribution is 7.99. The molecule has 0 amide bonds. The van der Waals surface area contributed by atoms with Crippen molar-refractivity contribution in [2.75, 3.05) is 6.54 Å². The van der Waals surface area contributed by atoms with E-state index in [9.17, 15) is 13.2 Å². The first kappa shape index (κ1) is 14.4. The molecule has 96 valence electrons. The van der Waals surface area contributed by atoms with Crippen molar-refractivity contribution in [3.63, 3.8) is 0 Å². The number of alkyl halides is 3. The molecule has 1 N–H and O–H groups in total. The summed E-state index contributed by atoms with van der Waals surface area (Å²) >= 11 is 1.73. The Morgan fingerprint density at radius 3 is 2.24 bits per heavy atom. The van der Waals surface area contributed by atoms with Gasteiger partial charge in [0, 0.05) is 16.7 Å². The Morgan fingerprint density at radius 1 is 1.18 bits per heavy atom. The minimum Gasteiger partial charge on any atom is -0.305 e. The third-order valence-corrected chi connectivity index (χ3v) is 2.97. The SMILES string of the molecule is CC(C)Sc1ccc(CNCC(F)(F)F)cc1. The summed E-state index contributed by atoms with van der Waals surface area (Å²) in [6.45, 7) is 3.49. The van der Waals surface area contributed by atoms with Crippen LogP contribution in [-0.4, -0.2) is 18.0 Å². The molecule has 0 aliphatic heterocycles. The molecule has 0 aromatic heterocycles. The van der Waals surface area contributed by atoms with Gasteiger partial charge in [0.15, 0.2) is 0 Å². The maximum absolute atomic E-state index is 11.9. The monoisotopic (exact) mass is 263 g/mol. The van der Waals surface area contributed by atoms with E-state index in [2.05, 4.69) is 19.2 Å². The zero-order chi connectivity index (χ0) is 12.9. The van der Waals surface area contributed by atoms with Crippen LogP contribution in [0.3, 0.4) is 0 Å². The number of halogens is 3. The highest BCUT2D eigenvalue weighted by Crippen LogP contribution is 2.22. The van der Waals surface area contributed by atoms with Gasteiger partial charge in [-0.3, -0.25) is 0 Å². The fourth-order valence-corrected chi connectivity index (χ4v) is 2.14. The van der Waals surface area contributed by atoms with Crippen LogP contribution in [0.4, 0.5) is 13.2 Å². The summed E-state index contributed by atoms with van der Waals surface area (Å²) in [4.78, 5) is 1.14. The maximum atomic E-state index is 11.9. The molecule has 1 aromatic carbocycles. The number of hydrogen-bond donors (Lipinski definition) is 1. The topological polar surface area (TPSA) is 12.0 Å². The van der Waals surface area contributed by atoms with Crippen LogP contribution in [0, 0.1) is 0 Å². The lowest BCUT2D eigenvalue weighted by atomic mass is 10.2. The van der Waals surface area contributed by atoms with E-state index >= 15 is 0 Å². The Kier molecular flexibility index (Phi) is 5.33. The second-order valence-corrected chi connectivity index (χ2v) is 5.68. The first-order chi connectivity index (χ1) is 7.87. The number of benzene rings is 1. The molecule has 0 aliphatic carbocycles. The Balaban J connectivity index is 2.40. The maximum Gasteiger partial charge on any atom is 0.401 e. The second kappa shape index (κ2) is 6.31. The summed E-state index contributed by atoms with van der Waals surface area (Å²) in [5.74, 6) is 0. The van der Waals surface area contributed by atoms with Crippen molar-refractivity contribution in [2.45, 2.75) is 36.7 Å². The predicted octanol–water partition coefficient (Wildman–Crippen LogP) is 3.84. The van der Waals surface area contributed by atoms with Crippen LogP contribution in [0.25, 0.3) is 0 Å². The molecule has 5 heteroatoms. The summed E-state index contributed by atoms with van der Waals surface area (Å²) in [5, 5.41) is 2.87. The molecule has 0 atom stereocenters. The highest BCUT2D eigenvalue weighted by atomic mass is 32.2. The van der Waals surface area contributed by atoms with E-state index in [4.69, 9.17) is 0 Å². The molecule has 0 saturated carbocycles. The average Bonchev–Trinajstić information content (AvgIpc) is 2.18. The van der Waals surface area contributed by atoms with Gasteiger partial charge in [0.05, 0.1) is 6.54 Å². The van der Waals surface area contributed by atoms with Crippen molar-refractivity contribution in [1.29, 1.82) is 0 Å². The summed E-state index contributed by atoms with van der Waals surface area (Å²) in [7, 11) is 0. The molecule has 1 nitrogen and oxygen atoms in total. The van der Waals surface area contributed by atoms with Gasteiger partial charge < -0.3 is 5.32 Å². The first-order valence-electron chi connectivity index (χ1n) is 5.40. The zero-order valence-electron chi connectivity index (χ0n) is 9.84. The molecule has 1 rings (SSSR count). The first-order valence-corrected chi connectivity index (χ1v) is 6.28. The van der Waals surface area contributed by atoms with E-state index in [-0.39, 0.29) is 6.54 Å². The van der Waals surface area contributed by atoms with E-state index in [1.54, 1.807) is 11.8 Å². The van der Waals surface area contributed by atoms with E-state index in [0.29, 0.717) is 5.25 Å². The fourth-order valence-electron chi connectivity index (χ4n) is 1.31. The molecule has 0 bridgehead atoms. The third kappa shape index (κ3) is 6.58. The molecule has 0 spiro atoms. The minimum absolute atomic E-state index is 0.242. The Hall–Kier alpha value is -0.680. The van der Waals surface area contributed by atoms with Gasteiger partial charge in [0.1, 0.15) is 0 Å². The van der Waals surface area contributed by atoms with Crippen molar-refractivity contribution in [3.05, 3.63) is 29.8 Å². The Labute approximate surface area is 104 Å². The molecule has 0 unspecified atom stereocenters. The van der Waals surface area contributed by atoms with Crippen LogP contribution in [0.2, 0.25) is 0 Å². The van der Waals surface area contributed by atoms with Crippen molar-refractivity contribution in [1.82, 2.24) is 5.32 Å². The number of hydrogen-bond acceptors (Lipinski definition) is 2. The predicted molar refractivity (Wildman–Crippen MR) is 65.2 cm³/mol. The van der Waals surface area contributed by atoms with Crippen molar-refractivity contribution >= 4 is 11.8 Å². The lowest BCUT2D eigenvalue weighted by Gasteiger charge is -2.09. The van der Waals surface area contributed by atoms with Crippen LogP contribution < -0.4 is 5.32 Å². The van der Waals surface area contributed by atoms with Crippen LogP contribution >= 0.6 is 11.8 Å². The third-order valence-electron chi connectivity index (χ3n) is 1.95. The number of nitrogens with one attached hydrogen (secondary N) is 1. The van der Waals surface area contributed by atoms with E-state index in [1.165, 1.54) is 0 Å². The fraction of sp³-hybridized carbons (Fsp3) is 0.500. The molecule has 0 heterocycles. The van der Waals surface area contributed by atoms with E-state index in [0.717, 1.165) is 10.5 Å². The van der Waals surface area contributed by atoms with Crippen LogP contribution in [-0.2, 0) is 6.54 Å². The van der Waals surface area contributed by atoms with Gasteiger partial charge in [-0.15, -0.1) is 11.8 Å². The van der Waals surface area contributed by atoms with Gasteiger partial charge >= 0.3 is 6.18 Å². The molecular weight excluding hydrogens is 247 g/mol. The van der Waals surface area contributed by atoms with Gasteiger partial charge in [0.2, 0.25) is 0 Å². The van der Waals surface area contributed by atoms with Gasteiger partial charge in [-0.25, -0.2) is 0 Å². The van der Waals surface area contributed by atoms with Crippen LogP contribution in [0.1, 0.15) is 19.4 Å². The minimum atomic E-state index is -4.15. The molecule has 0 fully saturated rings. The molecule has 0 radical (unpaired) electrons. The summed E-state index contributed by atoms with van der Waals surface area (Å²) in [6.07, 6.45) is -4.15. The molecule has 1 aromatic rings. The van der Waals surface area contributed by atoms with Gasteiger partial charge in [-0.05, 0) is 17.7 Å². The van der Waals surface area contributed by atoms with Crippen LogP contribution in [0.15, 0.2) is 29.2 Å². The van der Waals surface area contributed by atoms with E-state index in [1.807, 2.05) is 24.3 Å². The van der Waals surface area contributed by atoms with Gasteiger partial charge in [0.25, 0.3) is 0 Å². The smallest absolute Gasteiger partial charge is 0.305 e. The number of rotatable bonds is 5. The molecule has 0 aliphatic rings. The Bertz CT molecular complexity index is 333. The number of thioether (sulfide) groups is 1. The average molecular weight is 263 g/mol. The molecule has 0 saturated heterocycles. The van der Waals surface area contributed by atoms with E-state index < -0.39 is 12.7 Å². The molecule has 17 heavy (non-hydrogen) atoms. The van der Waals surface area contributed by atoms with Crippen molar-refractivity contribution in [2.24, 2.45) is 0 Å². The summed E-state index contributed by atoms with van der Waals surface area (Å²) in [6, 6.07) is 7.59. The van der Waals surface area contributed by atoms with Crippen molar-refractivity contribution in [3.8, 4) is 0 Å². The normalized spacial score (nSPS) is 12.1. The standard InChI is InChI=1S/C12H16F3NS/c1-9(2)17-11-5-3-10(4-6-11)7-16-8-12(13,14)15/h3-6,9,16H,7-8H2,1-2H3. The zero-order valence-corrected chi connectivity index (χ0v) is 10.7. The highest BCUT2D eigenvalue weighted by Gasteiger charge is 2.25. The quantitative estimate of drug-likeness (QED) is 0.810. The van der Waals surface area contributed by atoms with Crippen molar-refractivity contribution < 1.29 is 13.2 Å². The Morgan fingerprint density at radius 2 is 1.76 bits per heavy atom. The summed E-state index contributed by atoms with van der Waals surface area (Å²) < 4.78 is 35.7. The summed E-state index contributed by atoms with van der Waals surface area (Å²) in [5.41, 5.74) is 0.863. The lowest BCUT2D eigenvalue weighted by molar-refractivity contribution is -0.125. The van der Waals surface area contributed by atoms with Gasteiger partial charge in [-0.1, -0.05) is 26.0 Å². The molecular formula is C12H16F3NS. The largest absolute Gasteiger partial charge is 0.401 e. The lowest BCUT2D eigenvalue weighted by Crippen LogP contribution is -2.28. The second-order valence-electron chi connectivity index (χ2n) is 4.03. The van der Waals surface area contributed by atoms with Crippen LogP contribution in [0.5, 0.6) is 0 Å². The van der Waals surface area contributed by atoms with Gasteiger partial charge in [-0.2, -0.15) is 13.2 Å².